The first kappa shape index (κ1) is 13.0. The fourth-order valence-corrected chi connectivity index (χ4v) is 2.04. The lowest BCUT2D eigenvalue weighted by Gasteiger charge is -2.22. The van der Waals surface area contributed by atoms with Gasteiger partial charge in [-0.3, -0.25) is 0 Å². The number of aliphatic hydroxyl groups is 1. The maximum atomic E-state index is 12.4. The van der Waals surface area contributed by atoms with E-state index in [2.05, 4.69) is 0 Å². The lowest BCUT2D eigenvalue weighted by Crippen LogP contribution is -2.31. The smallest absolute Gasteiger partial charge is 0.418 e. The molecule has 0 fully saturated rings. The minimum absolute atomic E-state index is 0.00301. The number of benzene rings is 1. The van der Waals surface area contributed by atoms with Crippen LogP contribution in [0.15, 0.2) is 23.8 Å². The molecule has 1 aliphatic rings. The molecule has 0 aliphatic heterocycles. The molecule has 18 heavy (non-hydrogen) atoms. The van der Waals surface area contributed by atoms with Crippen molar-refractivity contribution in [3.63, 3.8) is 0 Å². The number of hydrogen-bond acceptors (Lipinski definition) is 2. The molecule has 0 aromatic heterocycles. The van der Waals surface area contributed by atoms with Crippen LogP contribution in [0, 0.1) is 0 Å². The molecule has 98 valence electrons. The van der Waals surface area contributed by atoms with Gasteiger partial charge < -0.3 is 9.84 Å². The maximum Gasteiger partial charge on any atom is 0.418 e. The highest BCUT2D eigenvalue weighted by atomic mass is 19.4. The minimum atomic E-state index is -4.61. The zero-order chi connectivity index (χ0) is 13.3. The second-order valence-electron chi connectivity index (χ2n) is 4.23. The Morgan fingerprint density at radius 1 is 1.28 bits per heavy atom. The monoisotopic (exact) mass is 258 g/mol. The van der Waals surface area contributed by atoms with Crippen LogP contribution < -0.4 is 4.74 Å². The summed E-state index contributed by atoms with van der Waals surface area (Å²) in [6, 6.07) is 5.29. The first-order valence-corrected chi connectivity index (χ1v) is 5.54. The summed E-state index contributed by atoms with van der Waals surface area (Å²) in [6.45, 7) is 0. The second kappa shape index (κ2) is 4.65. The van der Waals surface area contributed by atoms with Crippen LogP contribution in [0.2, 0.25) is 0 Å². The average molecular weight is 258 g/mol. The third-order valence-corrected chi connectivity index (χ3v) is 3.04. The molecule has 1 atom stereocenters. The van der Waals surface area contributed by atoms with E-state index in [0.717, 1.165) is 5.56 Å². The van der Waals surface area contributed by atoms with Crippen molar-refractivity contribution in [1.29, 1.82) is 0 Å². The van der Waals surface area contributed by atoms with Gasteiger partial charge >= 0.3 is 6.18 Å². The van der Waals surface area contributed by atoms with Gasteiger partial charge in [-0.25, -0.2) is 0 Å². The van der Waals surface area contributed by atoms with E-state index in [1.165, 1.54) is 13.2 Å². The molecular formula is C13H13F3O2. The quantitative estimate of drug-likeness (QED) is 0.883. The molecule has 0 amide bonds. The number of aryl methyl sites for hydroxylation is 1. The van der Waals surface area contributed by atoms with E-state index in [1.807, 2.05) is 6.07 Å². The van der Waals surface area contributed by atoms with Gasteiger partial charge in [-0.05, 0) is 41.7 Å². The van der Waals surface area contributed by atoms with E-state index in [9.17, 15) is 18.3 Å². The predicted octanol–water partition coefficient (Wildman–Crippen LogP) is 2.95. The van der Waals surface area contributed by atoms with E-state index >= 15 is 0 Å². The molecule has 0 saturated carbocycles. The molecule has 1 aliphatic carbocycles. The van der Waals surface area contributed by atoms with Gasteiger partial charge in [-0.15, -0.1) is 0 Å². The van der Waals surface area contributed by atoms with Crippen molar-refractivity contribution in [1.82, 2.24) is 0 Å². The van der Waals surface area contributed by atoms with Gasteiger partial charge in [0, 0.05) is 0 Å². The SMILES string of the molecule is COc1ccc2c(c1)C=C(C(O)C(F)(F)F)CC2. The van der Waals surface area contributed by atoms with Crippen LogP contribution in [0.3, 0.4) is 0 Å². The normalized spacial score (nSPS) is 16.8. The summed E-state index contributed by atoms with van der Waals surface area (Å²) in [4.78, 5) is 0. The summed E-state index contributed by atoms with van der Waals surface area (Å²) in [5.74, 6) is 0.591. The molecule has 1 unspecified atom stereocenters. The van der Waals surface area contributed by atoms with Crippen molar-refractivity contribution >= 4 is 6.08 Å². The lowest BCUT2D eigenvalue weighted by molar-refractivity contribution is -0.191. The summed E-state index contributed by atoms with van der Waals surface area (Å²) in [6.07, 6.45) is -4.86. The molecule has 0 saturated heterocycles. The van der Waals surface area contributed by atoms with Crippen LogP contribution in [0.4, 0.5) is 13.2 Å². The van der Waals surface area contributed by atoms with Crippen molar-refractivity contribution in [2.75, 3.05) is 7.11 Å². The van der Waals surface area contributed by atoms with Gasteiger partial charge in [0.15, 0.2) is 6.10 Å². The lowest BCUT2D eigenvalue weighted by atomic mass is 9.89. The Morgan fingerprint density at radius 2 is 2.00 bits per heavy atom. The number of halogens is 3. The molecule has 0 spiro atoms. The first-order chi connectivity index (χ1) is 8.41. The first-order valence-electron chi connectivity index (χ1n) is 5.54. The van der Waals surface area contributed by atoms with Crippen molar-refractivity contribution in [3.8, 4) is 5.75 Å². The van der Waals surface area contributed by atoms with E-state index in [0.29, 0.717) is 17.7 Å². The topological polar surface area (TPSA) is 29.5 Å². The van der Waals surface area contributed by atoms with Gasteiger partial charge in [-0.2, -0.15) is 13.2 Å². The van der Waals surface area contributed by atoms with Crippen LogP contribution in [0.1, 0.15) is 17.5 Å². The number of rotatable bonds is 2. The molecule has 0 bridgehead atoms. The minimum Gasteiger partial charge on any atom is -0.497 e. The van der Waals surface area contributed by atoms with Crippen molar-refractivity contribution in [2.45, 2.75) is 25.1 Å². The molecule has 5 heteroatoms. The highest BCUT2D eigenvalue weighted by molar-refractivity contribution is 5.62. The van der Waals surface area contributed by atoms with Crippen LogP contribution in [-0.2, 0) is 6.42 Å². The van der Waals surface area contributed by atoms with Gasteiger partial charge in [0.1, 0.15) is 5.75 Å². The number of methoxy groups -OCH3 is 1. The summed E-state index contributed by atoms with van der Waals surface area (Å²) in [5, 5.41) is 9.24. The largest absolute Gasteiger partial charge is 0.497 e. The fraction of sp³-hybridized carbons (Fsp3) is 0.385. The molecular weight excluding hydrogens is 245 g/mol. The summed E-state index contributed by atoms with van der Waals surface area (Å²) < 4.78 is 42.3. The summed E-state index contributed by atoms with van der Waals surface area (Å²) in [5.41, 5.74) is 1.65. The highest BCUT2D eigenvalue weighted by Crippen LogP contribution is 2.33. The molecule has 0 radical (unpaired) electrons. The van der Waals surface area contributed by atoms with Gasteiger partial charge in [0.05, 0.1) is 7.11 Å². The Kier molecular flexibility index (Phi) is 3.34. The Morgan fingerprint density at radius 3 is 2.61 bits per heavy atom. The van der Waals surface area contributed by atoms with Gasteiger partial charge in [0.2, 0.25) is 0 Å². The highest BCUT2D eigenvalue weighted by Gasteiger charge is 2.40. The Balaban J connectivity index is 2.34. The maximum absolute atomic E-state index is 12.4. The van der Waals surface area contributed by atoms with E-state index in [4.69, 9.17) is 4.74 Å². The van der Waals surface area contributed by atoms with Gasteiger partial charge in [0.25, 0.3) is 0 Å². The molecule has 2 rings (SSSR count). The zero-order valence-electron chi connectivity index (χ0n) is 9.79. The predicted molar refractivity (Wildman–Crippen MR) is 61.4 cm³/mol. The zero-order valence-corrected chi connectivity index (χ0v) is 9.79. The molecule has 0 heterocycles. The number of aliphatic hydroxyl groups excluding tert-OH is 1. The second-order valence-corrected chi connectivity index (χ2v) is 4.23. The van der Waals surface area contributed by atoms with Crippen molar-refractivity contribution in [2.24, 2.45) is 0 Å². The van der Waals surface area contributed by atoms with E-state index < -0.39 is 12.3 Å². The third kappa shape index (κ3) is 2.51. The van der Waals surface area contributed by atoms with Gasteiger partial charge in [-0.1, -0.05) is 12.1 Å². The number of hydrogen-bond donors (Lipinski definition) is 1. The molecule has 1 N–H and O–H groups in total. The summed E-state index contributed by atoms with van der Waals surface area (Å²) in [7, 11) is 1.50. The average Bonchev–Trinajstić information content (AvgIpc) is 2.35. The van der Waals surface area contributed by atoms with Crippen LogP contribution in [0.5, 0.6) is 5.75 Å². The summed E-state index contributed by atoms with van der Waals surface area (Å²) >= 11 is 0. The number of alkyl halides is 3. The molecule has 1 aromatic carbocycles. The molecule has 2 nitrogen and oxygen atoms in total. The Hall–Kier alpha value is -1.49. The molecule has 1 aromatic rings. The third-order valence-electron chi connectivity index (χ3n) is 3.04. The van der Waals surface area contributed by atoms with Crippen LogP contribution >= 0.6 is 0 Å². The van der Waals surface area contributed by atoms with Crippen molar-refractivity contribution in [3.05, 3.63) is 34.9 Å². The standard InChI is InChI=1S/C13H13F3O2/c1-18-11-5-4-8-2-3-9(6-10(8)7-11)12(17)13(14,15)16/h4-7,12,17H,2-3H2,1H3. The number of ether oxygens (including phenoxy) is 1. The fourth-order valence-electron chi connectivity index (χ4n) is 2.04. The van der Waals surface area contributed by atoms with E-state index in [-0.39, 0.29) is 12.0 Å². The van der Waals surface area contributed by atoms with Crippen LogP contribution in [0.25, 0.3) is 6.08 Å². The number of fused-ring (bicyclic) bond motifs is 1. The van der Waals surface area contributed by atoms with Crippen LogP contribution in [-0.4, -0.2) is 24.5 Å². The Bertz CT molecular complexity index is 478. The Labute approximate surface area is 103 Å². The van der Waals surface area contributed by atoms with Crippen molar-refractivity contribution < 1.29 is 23.0 Å². The van der Waals surface area contributed by atoms with E-state index in [1.54, 1.807) is 12.1 Å².